The molecule has 0 bridgehead atoms. The van der Waals surface area contributed by atoms with Gasteiger partial charge in [-0.15, -0.1) is 22.7 Å². The minimum Gasteiger partial charge on any atom is -0.475 e. The van der Waals surface area contributed by atoms with Gasteiger partial charge in [-0.3, -0.25) is 9.69 Å². The van der Waals surface area contributed by atoms with Gasteiger partial charge in [-0.2, -0.15) is 13.2 Å². The number of halogens is 3. The lowest BCUT2D eigenvalue weighted by Gasteiger charge is -2.24. The van der Waals surface area contributed by atoms with Gasteiger partial charge < -0.3 is 10.4 Å². The summed E-state index contributed by atoms with van der Waals surface area (Å²) in [5, 5.41) is 12.2. The third kappa shape index (κ3) is 6.10. The monoisotopic (exact) mass is 499 g/mol. The number of carbonyl (C=O) groups excluding carboxylic acids is 1. The minimum absolute atomic E-state index is 0.0236. The number of nitrogens with zero attached hydrogens (tertiary/aromatic N) is 2. The highest BCUT2D eigenvalue weighted by molar-refractivity contribution is 7.22. The Kier molecular flexibility index (Phi) is 7.76. The minimum atomic E-state index is -5.08. The molecule has 0 saturated heterocycles. The highest BCUT2D eigenvalue weighted by Crippen LogP contribution is 2.45. The standard InChI is InChI=1S/C20H23N3OS2.C2HF3O2/c1-12(2)23-10-6-7-14-17(11-23)26-19(21-13(3)24)18(14)20-22-15-8-4-5-9-16(15)25-20;3-2(4,5)1(6)7/h4-5,8-9,12H,6-7,10-11H2,1-3H3,(H,21,24);(H,6,7). The predicted molar refractivity (Wildman–Crippen MR) is 125 cm³/mol. The van der Waals surface area contributed by atoms with Crippen LogP contribution in [0.25, 0.3) is 20.8 Å². The number of thiophene rings is 1. The summed E-state index contributed by atoms with van der Waals surface area (Å²) in [7, 11) is 0. The zero-order chi connectivity index (χ0) is 24.3. The maximum absolute atomic E-state index is 11.8. The van der Waals surface area contributed by atoms with Crippen LogP contribution in [0.5, 0.6) is 0 Å². The van der Waals surface area contributed by atoms with Crippen LogP contribution >= 0.6 is 22.7 Å². The largest absolute Gasteiger partial charge is 0.490 e. The molecule has 1 aromatic carbocycles. The van der Waals surface area contributed by atoms with Crippen molar-refractivity contribution in [2.75, 3.05) is 11.9 Å². The quantitative estimate of drug-likeness (QED) is 0.478. The summed E-state index contributed by atoms with van der Waals surface area (Å²) >= 11 is 3.44. The average molecular weight is 500 g/mol. The van der Waals surface area contributed by atoms with Gasteiger partial charge in [0.25, 0.3) is 0 Å². The fourth-order valence-corrected chi connectivity index (χ4v) is 5.95. The molecule has 0 saturated carbocycles. The first-order valence-electron chi connectivity index (χ1n) is 10.3. The number of para-hydroxylation sites is 1. The van der Waals surface area contributed by atoms with Gasteiger partial charge in [0.05, 0.1) is 10.2 Å². The van der Waals surface area contributed by atoms with Crippen molar-refractivity contribution in [3.63, 3.8) is 0 Å². The number of benzene rings is 1. The first kappa shape index (κ1) is 25.1. The number of anilines is 1. The number of hydrogen-bond acceptors (Lipinski definition) is 6. The normalized spacial score (nSPS) is 14.4. The van der Waals surface area contributed by atoms with Crippen LogP contribution in [0.15, 0.2) is 24.3 Å². The van der Waals surface area contributed by atoms with E-state index in [0.717, 1.165) is 47.0 Å². The van der Waals surface area contributed by atoms with Gasteiger partial charge in [0, 0.05) is 30.0 Å². The molecule has 3 heterocycles. The second-order valence-electron chi connectivity index (χ2n) is 7.85. The molecular weight excluding hydrogens is 475 g/mol. The number of rotatable bonds is 3. The van der Waals surface area contributed by atoms with Gasteiger partial charge in [0.1, 0.15) is 10.0 Å². The average Bonchev–Trinajstić information content (AvgIpc) is 3.20. The van der Waals surface area contributed by atoms with E-state index in [2.05, 4.69) is 36.2 Å². The number of carbonyl (C=O) groups is 2. The zero-order valence-electron chi connectivity index (χ0n) is 18.3. The molecule has 0 aliphatic carbocycles. The van der Waals surface area contributed by atoms with E-state index in [-0.39, 0.29) is 5.91 Å². The van der Waals surface area contributed by atoms with Crippen LogP contribution in [-0.2, 0) is 22.6 Å². The van der Waals surface area contributed by atoms with Gasteiger partial charge in [-0.1, -0.05) is 12.1 Å². The molecule has 2 N–H and O–H groups in total. The number of aromatic nitrogens is 1. The molecule has 4 rings (SSSR count). The highest BCUT2D eigenvalue weighted by atomic mass is 32.1. The fourth-order valence-electron chi connectivity index (χ4n) is 3.52. The smallest absolute Gasteiger partial charge is 0.475 e. The lowest BCUT2D eigenvalue weighted by Crippen LogP contribution is -2.30. The molecule has 33 heavy (non-hydrogen) atoms. The Morgan fingerprint density at radius 2 is 1.88 bits per heavy atom. The van der Waals surface area contributed by atoms with Gasteiger partial charge in [-0.05, 0) is 50.9 Å². The Morgan fingerprint density at radius 3 is 2.45 bits per heavy atom. The number of carboxylic acid groups (broad SMARTS) is 1. The molecule has 178 valence electrons. The molecule has 0 fully saturated rings. The highest BCUT2D eigenvalue weighted by Gasteiger charge is 2.38. The lowest BCUT2D eigenvalue weighted by molar-refractivity contribution is -0.192. The molecule has 3 aromatic rings. The van der Waals surface area contributed by atoms with E-state index in [1.807, 2.05) is 12.1 Å². The molecule has 1 amide bonds. The molecule has 0 unspecified atom stereocenters. The molecule has 0 spiro atoms. The Bertz CT molecular complexity index is 1120. The van der Waals surface area contributed by atoms with Crippen LogP contribution in [0.1, 0.15) is 37.6 Å². The number of fused-ring (bicyclic) bond motifs is 2. The lowest BCUT2D eigenvalue weighted by atomic mass is 10.1. The number of hydrogen-bond donors (Lipinski definition) is 2. The Morgan fingerprint density at radius 1 is 1.21 bits per heavy atom. The van der Waals surface area contributed by atoms with E-state index in [1.54, 1.807) is 29.6 Å². The van der Waals surface area contributed by atoms with Crippen molar-refractivity contribution in [2.45, 2.75) is 52.4 Å². The van der Waals surface area contributed by atoms with Gasteiger partial charge in [0.2, 0.25) is 5.91 Å². The second kappa shape index (κ2) is 10.2. The maximum Gasteiger partial charge on any atom is 0.490 e. The summed E-state index contributed by atoms with van der Waals surface area (Å²) in [4.78, 5) is 29.4. The summed E-state index contributed by atoms with van der Waals surface area (Å²) < 4.78 is 32.9. The van der Waals surface area contributed by atoms with Crippen molar-refractivity contribution < 1.29 is 27.9 Å². The van der Waals surface area contributed by atoms with E-state index >= 15 is 0 Å². The van der Waals surface area contributed by atoms with E-state index in [4.69, 9.17) is 14.9 Å². The molecule has 0 atom stereocenters. The summed E-state index contributed by atoms with van der Waals surface area (Å²) in [6.07, 6.45) is -2.90. The van der Waals surface area contributed by atoms with Crippen LogP contribution in [0.3, 0.4) is 0 Å². The molecular formula is C22H24F3N3O3S2. The molecule has 6 nitrogen and oxygen atoms in total. The van der Waals surface area contributed by atoms with Crippen molar-refractivity contribution in [3.05, 3.63) is 34.7 Å². The SMILES string of the molecule is CC(=O)Nc1sc2c(c1-c1nc3ccccc3s1)CCCN(C(C)C)C2.O=C(O)C(F)(F)F. The maximum atomic E-state index is 11.8. The zero-order valence-corrected chi connectivity index (χ0v) is 20.0. The number of amides is 1. The Labute approximate surface area is 197 Å². The van der Waals surface area contributed by atoms with Crippen LogP contribution in [0.2, 0.25) is 0 Å². The third-order valence-corrected chi connectivity index (χ3v) is 7.27. The molecule has 2 aromatic heterocycles. The van der Waals surface area contributed by atoms with Crippen LogP contribution in [-0.4, -0.2) is 45.6 Å². The van der Waals surface area contributed by atoms with E-state index < -0.39 is 12.1 Å². The van der Waals surface area contributed by atoms with Crippen molar-refractivity contribution in [2.24, 2.45) is 0 Å². The van der Waals surface area contributed by atoms with Crippen molar-refractivity contribution in [1.82, 2.24) is 9.88 Å². The first-order valence-corrected chi connectivity index (χ1v) is 11.9. The molecule has 1 aliphatic rings. The first-order chi connectivity index (χ1) is 15.5. The van der Waals surface area contributed by atoms with Gasteiger partial charge >= 0.3 is 12.1 Å². The fraction of sp³-hybridized carbons (Fsp3) is 0.409. The van der Waals surface area contributed by atoms with Gasteiger partial charge in [0.15, 0.2) is 0 Å². The second-order valence-corrected chi connectivity index (χ2v) is 9.98. The summed E-state index contributed by atoms with van der Waals surface area (Å²) in [6.45, 7) is 8.15. The molecule has 1 aliphatic heterocycles. The number of thiazole rings is 1. The molecule has 11 heteroatoms. The number of carboxylic acids is 1. The Balaban J connectivity index is 0.000000383. The van der Waals surface area contributed by atoms with Crippen molar-refractivity contribution in [3.8, 4) is 10.6 Å². The van der Waals surface area contributed by atoms with Crippen LogP contribution in [0, 0.1) is 0 Å². The summed E-state index contributed by atoms with van der Waals surface area (Å²) in [5.74, 6) is -2.78. The summed E-state index contributed by atoms with van der Waals surface area (Å²) in [5.41, 5.74) is 3.55. The topological polar surface area (TPSA) is 82.5 Å². The molecule has 0 radical (unpaired) electrons. The third-order valence-electron chi connectivity index (χ3n) is 5.08. The van der Waals surface area contributed by atoms with E-state index in [9.17, 15) is 18.0 Å². The summed E-state index contributed by atoms with van der Waals surface area (Å²) in [6, 6.07) is 8.76. The van der Waals surface area contributed by atoms with Gasteiger partial charge in [-0.25, -0.2) is 9.78 Å². The predicted octanol–water partition coefficient (Wildman–Crippen LogP) is 5.77. The van der Waals surface area contributed by atoms with E-state index in [0.29, 0.717) is 6.04 Å². The van der Waals surface area contributed by atoms with Crippen molar-refractivity contribution >= 4 is 49.8 Å². The van der Waals surface area contributed by atoms with Crippen LogP contribution < -0.4 is 5.32 Å². The number of aliphatic carboxylic acids is 1. The number of alkyl halides is 3. The van der Waals surface area contributed by atoms with E-state index in [1.165, 1.54) is 15.1 Å². The van der Waals surface area contributed by atoms with Crippen molar-refractivity contribution in [1.29, 1.82) is 0 Å². The van der Waals surface area contributed by atoms with Crippen LogP contribution in [0.4, 0.5) is 18.2 Å². The number of nitrogens with one attached hydrogen (secondary N) is 1. The Hall–Kier alpha value is -2.50.